The molecule has 4 bridgehead atoms. The van der Waals surface area contributed by atoms with Crippen molar-refractivity contribution in [2.45, 2.75) is 155 Å². The first-order chi connectivity index (χ1) is 46.8. The Hall–Kier alpha value is -9.75. The summed E-state index contributed by atoms with van der Waals surface area (Å²) in [7, 11) is 1.67. The van der Waals surface area contributed by atoms with Crippen molar-refractivity contribution in [3.8, 4) is 22.4 Å². The number of carboxylic acid groups (broad SMARTS) is 1. The van der Waals surface area contributed by atoms with Crippen molar-refractivity contribution >= 4 is 96.6 Å². The lowest BCUT2D eigenvalue weighted by Gasteiger charge is -2.69. The van der Waals surface area contributed by atoms with Gasteiger partial charge in [0.1, 0.15) is 18.7 Å². The number of primary amides is 1. The van der Waals surface area contributed by atoms with E-state index in [4.69, 9.17) is 25.3 Å². The molecular formula is C73H84N12O12S. The lowest BCUT2D eigenvalue weighted by molar-refractivity contribution is -0.248. The zero-order valence-corrected chi connectivity index (χ0v) is 56.9. The van der Waals surface area contributed by atoms with Gasteiger partial charge in [-0.25, -0.2) is 19.6 Å². The number of nitrogens with two attached hydrogens (primary N) is 1. The van der Waals surface area contributed by atoms with E-state index in [1.807, 2.05) is 54.1 Å². The Labute approximate surface area is 571 Å². The first-order valence-electron chi connectivity index (χ1n) is 33.4. The summed E-state index contributed by atoms with van der Waals surface area (Å²) in [6, 6.07) is 21.5. The van der Waals surface area contributed by atoms with Crippen molar-refractivity contribution in [3.05, 3.63) is 132 Å². The summed E-state index contributed by atoms with van der Waals surface area (Å²) >= 11 is 1.38. The molecule has 4 aliphatic carbocycles. The SMILES string of the molecule is Cc1c(-c2ccc(-c3ccc4cncc(C(=O)Nc5nc6ccccc6s5)c4c3)nc2C(=O)O)cnn1CC12CC3(C)CC(C)(C1)CC(OCCN(C)C(=O)OCc1ccc(NC(=O)[C@H](CCCCC(N)=O)NC(=O)[C@@H](NC(=O)CCCCCN4C(=O)C=CC4=O)C(C)C)cc1)(C3)C2. The lowest BCUT2D eigenvalue weighted by Crippen LogP contribution is -2.64. The molecule has 0 saturated heterocycles. The summed E-state index contributed by atoms with van der Waals surface area (Å²) < 4.78 is 15.7. The van der Waals surface area contributed by atoms with E-state index in [2.05, 4.69) is 45.1 Å². The highest BCUT2D eigenvalue weighted by Gasteiger charge is 2.66. The maximum Gasteiger partial charge on any atom is 0.409 e. The molecule has 24 nitrogen and oxygen atoms in total. The van der Waals surface area contributed by atoms with Crippen LogP contribution in [-0.4, -0.2) is 137 Å². The number of hydrogen-bond donors (Lipinski definition) is 6. The predicted molar refractivity (Wildman–Crippen MR) is 369 cm³/mol. The van der Waals surface area contributed by atoms with E-state index >= 15 is 0 Å². The maximum absolute atomic E-state index is 13.8. The number of amides is 8. The summed E-state index contributed by atoms with van der Waals surface area (Å²) in [4.78, 5) is 132. The lowest BCUT2D eigenvalue weighted by atomic mass is 9.39. The molecule has 0 radical (unpaired) electrons. The number of rotatable bonds is 30. The number of carbonyl (C=O) groups is 9. The molecule has 8 amide bonds. The number of imide groups is 1. The standard InChI is InChI=1S/C73H84N12O12S/c1-44(2)62(81-59(87)18-8-7-13-29-84-60(88)27-28-61(84)89)66(92)79-56(15-10-12-17-58(74)86)65(91)77-49-23-19-46(20-24-49)36-96-69(95)83(6)30-31-97-73-40-70(4)37-71(5,41-73)39-72(38-70,42-73)43-85-45(3)52(35-76-85)50-25-26-54(78-63(50)67(93)94)47-21-22-48-33-75-34-53(51(48)32-47)64(90)82-68-80-55-14-9-11-16-57(55)98-68/h9,11,14,16,19-28,32-35,44,56,62H,7-8,10,12-13,15,17-18,29-31,36-43H2,1-6H3,(H2,74,86)(H,77,91)(H,79,92)(H,81,87)(H,93,94)(H,80,82,90)/t56-,62-,70?,71?,72?,73?/m0/s1. The molecule has 7 N–H and O–H groups in total. The summed E-state index contributed by atoms with van der Waals surface area (Å²) in [5.41, 5.74) is 9.82. The number of carbonyl (C=O) groups excluding carboxylic acids is 8. The normalized spacial score (nSPS) is 20.6. The van der Waals surface area contributed by atoms with Gasteiger partial charge in [0.25, 0.3) is 17.7 Å². The molecular weight excluding hydrogens is 1270 g/mol. The van der Waals surface area contributed by atoms with Crippen molar-refractivity contribution in [1.82, 2.24) is 45.2 Å². The molecule has 0 spiro atoms. The quantitative estimate of drug-likeness (QED) is 0.0180. The number of nitrogens with zero attached hydrogens (tertiary/aromatic N) is 7. The van der Waals surface area contributed by atoms with Crippen LogP contribution in [0.2, 0.25) is 0 Å². The smallest absolute Gasteiger partial charge is 0.409 e. The topological polar surface area (TPSA) is 329 Å². The van der Waals surface area contributed by atoms with Gasteiger partial charge in [-0.05, 0) is 147 Å². The number of fused-ring (bicyclic) bond motifs is 2. The van der Waals surface area contributed by atoms with Gasteiger partial charge >= 0.3 is 12.1 Å². The van der Waals surface area contributed by atoms with Gasteiger partial charge in [-0.3, -0.25) is 53.4 Å². The molecule has 3 aromatic carbocycles. The third kappa shape index (κ3) is 16.1. The molecule has 1 aliphatic heterocycles. The van der Waals surface area contributed by atoms with Crippen LogP contribution in [0.1, 0.15) is 150 Å². The Morgan fingerprint density at radius 3 is 2.22 bits per heavy atom. The average molecular weight is 1350 g/mol. The molecule has 4 fully saturated rings. The summed E-state index contributed by atoms with van der Waals surface area (Å²) in [6.45, 7) is 11.6. The van der Waals surface area contributed by atoms with Crippen LogP contribution in [0.15, 0.2) is 110 Å². The molecule has 4 atom stereocenters. The number of benzene rings is 3. The van der Waals surface area contributed by atoms with E-state index in [1.165, 1.54) is 34.6 Å². The van der Waals surface area contributed by atoms with Gasteiger partial charge in [-0.2, -0.15) is 5.10 Å². The second kappa shape index (κ2) is 29.1. The highest BCUT2D eigenvalue weighted by molar-refractivity contribution is 7.22. The molecule has 25 heteroatoms. The fourth-order valence-corrected chi connectivity index (χ4v) is 16.8. The van der Waals surface area contributed by atoms with Crippen molar-refractivity contribution in [2.24, 2.45) is 27.9 Å². The van der Waals surface area contributed by atoms with Crippen LogP contribution in [-0.2, 0) is 51.4 Å². The summed E-state index contributed by atoms with van der Waals surface area (Å²) in [5, 5.41) is 28.8. The molecule has 7 aromatic rings. The minimum atomic E-state index is -1.19. The highest BCUT2D eigenvalue weighted by atomic mass is 32.1. The number of nitrogens with one attached hydrogen (secondary N) is 4. The third-order valence-corrected chi connectivity index (χ3v) is 20.4. The molecule has 5 heterocycles. The highest BCUT2D eigenvalue weighted by Crippen LogP contribution is 2.72. The molecule has 514 valence electrons. The van der Waals surface area contributed by atoms with E-state index in [0.717, 1.165) is 64.7 Å². The Morgan fingerprint density at radius 1 is 0.776 bits per heavy atom. The van der Waals surface area contributed by atoms with E-state index in [-0.39, 0.29) is 90.4 Å². The number of carboxylic acids is 1. The van der Waals surface area contributed by atoms with Crippen LogP contribution >= 0.6 is 11.3 Å². The van der Waals surface area contributed by atoms with Gasteiger partial charge in [0.15, 0.2) is 10.8 Å². The van der Waals surface area contributed by atoms with Gasteiger partial charge in [-0.15, -0.1) is 0 Å². The van der Waals surface area contributed by atoms with Crippen molar-refractivity contribution in [2.75, 3.05) is 37.4 Å². The fraction of sp³-hybridized carbons (Fsp3) is 0.438. The Balaban J connectivity index is 0.673. The second-order valence-corrected chi connectivity index (χ2v) is 29.2. The largest absolute Gasteiger partial charge is 0.476 e. The predicted octanol–water partition coefficient (Wildman–Crippen LogP) is 10.5. The number of para-hydroxylation sites is 1. The van der Waals surface area contributed by atoms with Gasteiger partial charge in [0.05, 0.1) is 39.9 Å². The Bertz CT molecular complexity index is 4210. The maximum atomic E-state index is 13.8. The molecule has 5 aliphatic rings. The average Bonchev–Trinajstić information content (AvgIpc) is 0.704. The Morgan fingerprint density at radius 2 is 1.51 bits per heavy atom. The van der Waals surface area contributed by atoms with Crippen molar-refractivity contribution in [1.29, 1.82) is 0 Å². The van der Waals surface area contributed by atoms with Crippen LogP contribution in [0.5, 0.6) is 0 Å². The van der Waals surface area contributed by atoms with Crippen molar-refractivity contribution < 1.29 is 57.7 Å². The van der Waals surface area contributed by atoms with E-state index in [1.54, 1.807) is 69.7 Å². The number of ether oxygens (including phenoxy) is 2. The molecule has 2 unspecified atom stereocenters. The van der Waals surface area contributed by atoms with Gasteiger partial charge in [0.2, 0.25) is 23.6 Å². The van der Waals surface area contributed by atoms with Crippen LogP contribution in [0, 0.1) is 29.1 Å². The zero-order valence-electron chi connectivity index (χ0n) is 56.1. The molecule has 12 rings (SSSR count). The zero-order chi connectivity index (χ0) is 69.7. The van der Waals surface area contributed by atoms with Crippen LogP contribution in [0.3, 0.4) is 0 Å². The molecule has 98 heavy (non-hydrogen) atoms. The second-order valence-electron chi connectivity index (χ2n) is 28.2. The number of thiazole rings is 1. The van der Waals surface area contributed by atoms with E-state index < -0.39 is 47.5 Å². The minimum absolute atomic E-state index is 0.000456. The van der Waals surface area contributed by atoms with E-state index in [9.17, 15) is 48.3 Å². The number of unbranched alkanes of at least 4 members (excludes halogenated alkanes) is 3. The minimum Gasteiger partial charge on any atom is -0.476 e. The fourth-order valence-electron chi connectivity index (χ4n) is 15.9. The number of anilines is 2. The first kappa shape index (κ1) is 69.6. The van der Waals surface area contributed by atoms with Gasteiger partial charge in [0, 0.05) is 97.5 Å². The molecule has 4 aromatic heterocycles. The van der Waals surface area contributed by atoms with Crippen LogP contribution in [0.4, 0.5) is 15.6 Å². The van der Waals surface area contributed by atoms with Crippen LogP contribution < -0.4 is 27.0 Å². The number of hydrogen-bond acceptors (Lipinski definition) is 16. The van der Waals surface area contributed by atoms with Gasteiger partial charge < -0.3 is 41.2 Å². The summed E-state index contributed by atoms with van der Waals surface area (Å²) in [5.74, 6) is -4.50. The van der Waals surface area contributed by atoms with Crippen molar-refractivity contribution in [3.63, 3.8) is 0 Å². The molecule has 4 saturated carbocycles. The summed E-state index contributed by atoms with van der Waals surface area (Å²) in [6.07, 6.45) is 15.3. The first-order valence-corrected chi connectivity index (χ1v) is 34.3. The number of pyridine rings is 2. The Kier molecular flexibility index (Phi) is 20.7. The number of aromatic carboxylic acids is 1. The monoisotopic (exact) mass is 1350 g/mol. The number of aromatic nitrogens is 5. The van der Waals surface area contributed by atoms with E-state index in [0.29, 0.717) is 95.0 Å². The number of likely N-dealkylation sites (N-methyl/N-ethyl adjacent to an activating group) is 1. The third-order valence-electron chi connectivity index (χ3n) is 19.4. The van der Waals surface area contributed by atoms with Gasteiger partial charge in [-0.1, -0.05) is 88.3 Å². The van der Waals surface area contributed by atoms with Crippen LogP contribution in [0.25, 0.3) is 43.4 Å².